The molecule has 0 aromatic heterocycles. The molecule has 0 saturated carbocycles. The summed E-state index contributed by atoms with van der Waals surface area (Å²) in [5.74, 6) is -0.560. The van der Waals surface area contributed by atoms with E-state index in [0.717, 1.165) is 0 Å². The normalized spacial score (nSPS) is 12.8. The largest absolute Gasteiger partial charge is 0.507 e. The highest BCUT2D eigenvalue weighted by molar-refractivity contribution is 7.92. The average Bonchev–Trinajstić information content (AvgIpc) is 2.89. The molecule has 0 aliphatic rings. The molecule has 0 bridgehead atoms. The predicted molar refractivity (Wildman–Crippen MR) is 142 cm³/mol. The fourth-order valence-electron chi connectivity index (χ4n) is 3.82. The summed E-state index contributed by atoms with van der Waals surface area (Å²) in [5, 5.41) is 20.4. The molecular formula is C28H26O7S2. The highest BCUT2D eigenvalue weighted by Crippen LogP contribution is 2.33. The summed E-state index contributed by atoms with van der Waals surface area (Å²) in [6.45, 7) is 0.985. The highest BCUT2D eigenvalue weighted by atomic mass is 32.2. The minimum absolute atomic E-state index is 0.00528. The number of hydrogen-bond donors (Lipinski definition) is 2. The second-order valence-corrected chi connectivity index (χ2v) is 12.7. The predicted octanol–water partition coefficient (Wildman–Crippen LogP) is 5.04. The maximum absolute atomic E-state index is 13.1. The van der Waals surface area contributed by atoms with Crippen molar-refractivity contribution >= 4 is 19.7 Å². The van der Waals surface area contributed by atoms with Gasteiger partial charge in [0.05, 0.1) is 22.2 Å². The van der Waals surface area contributed by atoms with Crippen molar-refractivity contribution in [1.29, 1.82) is 0 Å². The van der Waals surface area contributed by atoms with Gasteiger partial charge >= 0.3 is 0 Å². The van der Waals surface area contributed by atoms with Gasteiger partial charge in [-0.15, -0.1) is 0 Å². The number of phenolic OH excluding ortho intramolecular Hbond substituents is 2. The lowest BCUT2D eigenvalue weighted by Gasteiger charge is -2.16. The van der Waals surface area contributed by atoms with Gasteiger partial charge in [-0.1, -0.05) is 60.7 Å². The van der Waals surface area contributed by atoms with Crippen LogP contribution < -0.4 is 0 Å². The molecule has 2 N–H and O–H groups in total. The van der Waals surface area contributed by atoms with Gasteiger partial charge in [0, 0.05) is 11.1 Å². The van der Waals surface area contributed by atoms with Crippen molar-refractivity contribution < 1.29 is 31.8 Å². The molecule has 0 heterocycles. The quantitative estimate of drug-likeness (QED) is 0.306. The first-order valence-corrected chi connectivity index (χ1v) is 14.6. The Labute approximate surface area is 216 Å². The molecule has 4 aromatic rings. The lowest BCUT2D eigenvalue weighted by molar-refractivity contribution is 0.130. The number of sulfone groups is 2. The zero-order valence-corrected chi connectivity index (χ0v) is 21.6. The number of ether oxygens (including phenoxy) is 1. The first-order valence-electron chi connectivity index (χ1n) is 11.4. The van der Waals surface area contributed by atoms with Crippen LogP contribution in [0.3, 0.4) is 0 Å². The van der Waals surface area contributed by atoms with Crippen LogP contribution in [0.4, 0.5) is 0 Å². The van der Waals surface area contributed by atoms with Crippen LogP contribution in [0.15, 0.2) is 107 Å². The molecule has 9 heteroatoms. The summed E-state index contributed by atoms with van der Waals surface area (Å²) in [4.78, 5) is -0.0557. The Morgan fingerprint density at radius 1 is 0.676 bits per heavy atom. The van der Waals surface area contributed by atoms with Crippen molar-refractivity contribution in [1.82, 2.24) is 0 Å². The van der Waals surface area contributed by atoms with Crippen molar-refractivity contribution in [3.8, 4) is 33.8 Å². The molecular weight excluding hydrogens is 512 g/mol. The maximum Gasteiger partial charge on any atom is 0.204 e. The number of phenols is 2. The van der Waals surface area contributed by atoms with Crippen molar-refractivity contribution in [3.05, 3.63) is 97.1 Å². The third kappa shape index (κ3) is 5.85. The summed E-state index contributed by atoms with van der Waals surface area (Å²) in [6.07, 6.45) is 0. The van der Waals surface area contributed by atoms with Crippen LogP contribution in [-0.4, -0.2) is 44.8 Å². The monoisotopic (exact) mass is 538 g/mol. The van der Waals surface area contributed by atoms with Crippen molar-refractivity contribution in [2.75, 3.05) is 12.4 Å². The van der Waals surface area contributed by atoms with E-state index < -0.39 is 30.9 Å². The van der Waals surface area contributed by atoms with E-state index >= 15 is 0 Å². The fraction of sp³-hybridized carbons (Fsp3) is 0.143. The number of aromatic hydroxyl groups is 2. The molecule has 0 radical (unpaired) electrons. The van der Waals surface area contributed by atoms with E-state index in [0.29, 0.717) is 22.3 Å². The topological polar surface area (TPSA) is 118 Å². The molecule has 37 heavy (non-hydrogen) atoms. The van der Waals surface area contributed by atoms with Gasteiger partial charge in [0.2, 0.25) is 9.84 Å². The van der Waals surface area contributed by atoms with Gasteiger partial charge in [-0.05, 0) is 54.4 Å². The van der Waals surface area contributed by atoms with Crippen LogP contribution in [0.5, 0.6) is 11.5 Å². The number of rotatable bonds is 9. The lowest BCUT2D eigenvalue weighted by Crippen LogP contribution is -2.24. The van der Waals surface area contributed by atoms with Gasteiger partial charge in [-0.2, -0.15) is 0 Å². The first kappa shape index (κ1) is 26.4. The average molecular weight is 539 g/mol. The molecule has 0 fully saturated rings. The van der Waals surface area contributed by atoms with E-state index in [4.69, 9.17) is 4.74 Å². The van der Waals surface area contributed by atoms with Crippen LogP contribution in [0.25, 0.3) is 22.3 Å². The second kappa shape index (κ2) is 10.8. The van der Waals surface area contributed by atoms with Crippen molar-refractivity contribution in [2.24, 2.45) is 0 Å². The Hall–Kier alpha value is -3.66. The number of hydrogen-bond acceptors (Lipinski definition) is 7. The van der Waals surface area contributed by atoms with E-state index in [-0.39, 0.29) is 27.9 Å². The van der Waals surface area contributed by atoms with Gasteiger partial charge < -0.3 is 14.9 Å². The standard InChI is InChI=1S/C28H26O7S2/c1-20(37(33,34)24-13-15-28(30)26(19-24)22-10-6-3-7-11-22)35-16-17-36(31,32)23-12-14-27(29)25(18-23)21-8-4-2-5-9-21/h2-15,18-20,29-30H,16-17H2,1H3. The molecule has 7 nitrogen and oxygen atoms in total. The summed E-state index contributed by atoms with van der Waals surface area (Å²) in [6, 6.07) is 25.7. The van der Waals surface area contributed by atoms with Crippen molar-refractivity contribution in [2.45, 2.75) is 22.2 Å². The molecule has 0 aliphatic heterocycles. The molecule has 0 aliphatic carbocycles. The smallest absolute Gasteiger partial charge is 0.204 e. The van der Waals surface area contributed by atoms with Crippen LogP contribution >= 0.6 is 0 Å². The molecule has 0 saturated heterocycles. The summed E-state index contributed by atoms with van der Waals surface area (Å²) in [7, 11) is -7.80. The summed E-state index contributed by atoms with van der Waals surface area (Å²) >= 11 is 0. The van der Waals surface area contributed by atoms with E-state index in [1.54, 1.807) is 48.5 Å². The zero-order chi connectivity index (χ0) is 26.6. The Bertz CT molecular complexity index is 1600. The highest BCUT2D eigenvalue weighted by Gasteiger charge is 2.26. The molecule has 192 valence electrons. The van der Waals surface area contributed by atoms with Gasteiger partial charge in [-0.3, -0.25) is 0 Å². The lowest BCUT2D eigenvalue weighted by atomic mass is 10.1. The Morgan fingerprint density at radius 2 is 1.14 bits per heavy atom. The Kier molecular flexibility index (Phi) is 7.68. The molecule has 4 rings (SSSR count). The van der Waals surface area contributed by atoms with Gasteiger partial charge in [0.15, 0.2) is 15.3 Å². The SMILES string of the molecule is CC(OCCS(=O)(=O)c1ccc(O)c(-c2ccccc2)c1)S(=O)(=O)c1ccc(O)c(-c2ccccc2)c1. The second-order valence-electron chi connectivity index (χ2n) is 8.39. The van der Waals surface area contributed by atoms with Gasteiger partial charge in [-0.25, -0.2) is 16.8 Å². The zero-order valence-electron chi connectivity index (χ0n) is 20.0. The number of benzene rings is 4. The van der Waals surface area contributed by atoms with E-state index in [2.05, 4.69) is 0 Å². The third-order valence-electron chi connectivity index (χ3n) is 5.93. The Balaban J connectivity index is 1.48. The maximum atomic E-state index is 13.1. The van der Waals surface area contributed by atoms with Crippen molar-refractivity contribution in [3.63, 3.8) is 0 Å². The van der Waals surface area contributed by atoms with E-state index in [1.807, 2.05) is 12.1 Å². The van der Waals surface area contributed by atoms with Gasteiger partial charge in [0.1, 0.15) is 11.5 Å². The first-order chi connectivity index (χ1) is 17.6. The minimum Gasteiger partial charge on any atom is -0.507 e. The molecule has 1 unspecified atom stereocenters. The molecule has 0 spiro atoms. The summed E-state index contributed by atoms with van der Waals surface area (Å²) < 4.78 is 57.5. The van der Waals surface area contributed by atoms with Crippen LogP contribution in [0, 0.1) is 0 Å². The fourth-order valence-corrected chi connectivity index (χ4v) is 6.14. The molecule has 1 atom stereocenters. The van der Waals surface area contributed by atoms with E-state index in [9.17, 15) is 27.0 Å². The third-order valence-corrected chi connectivity index (χ3v) is 9.53. The molecule has 0 amide bonds. The van der Waals surface area contributed by atoms with Crippen LogP contribution in [0.2, 0.25) is 0 Å². The van der Waals surface area contributed by atoms with Gasteiger partial charge in [0.25, 0.3) is 0 Å². The summed E-state index contributed by atoms with van der Waals surface area (Å²) in [5.41, 5.74) is 0.728. The Morgan fingerprint density at radius 3 is 1.65 bits per heavy atom. The van der Waals surface area contributed by atoms with Crippen LogP contribution in [0.1, 0.15) is 6.92 Å². The van der Waals surface area contributed by atoms with E-state index in [1.165, 1.54) is 43.3 Å². The molecule has 4 aromatic carbocycles. The minimum atomic E-state index is -3.98. The van der Waals surface area contributed by atoms with Crippen LogP contribution in [-0.2, 0) is 24.4 Å².